The molecular formula is C17H23N3O. The molecule has 2 aromatic rings. The van der Waals surface area contributed by atoms with Crippen molar-refractivity contribution >= 4 is 5.78 Å². The molecule has 1 unspecified atom stereocenters. The van der Waals surface area contributed by atoms with Crippen LogP contribution >= 0.6 is 0 Å². The molecule has 112 valence electrons. The van der Waals surface area contributed by atoms with Crippen molar-refractivity contribution in [1.29, 1.82) is 0 Å². The van der Waals surface area contributed by atoms with Crippen LogP contribution in [0.15, 0.2) is 43.0 Å². The molecule has 4 nitrogen and oxygen atoms in total. The highest BCUT2D eigenvalue weighted by atomic mass is 16.1. The van der Waals surface area contributed by atoms with E-state index in [-0.39, 0.29) is 11.8 Å². The maximum atomic E-state index is 12.7. The summed E-state index contributed by atoms with van der Waals surface area (Å²) in [6.07, 6.45) is 6.22. The van der Waals surface area contributed by atoms with E-state index < -0.39 is 0 Å². The molecule has 0 amide bonds. The van der Waals surface area contributed by atoms with Gasteiger partial charge in [-0.05, 0) is 43.8 Å². The van der Waals surface area contributed by atoms with Crippen LogP contribution in [0.2, 0.25) is 0 Å². The van der Waals surface area contributed by atoms with E-state index in [1.54, 1.807) is 12.5 Å². The second-order valence-corrected chi connectivity index (χ2v) is 5.03. The van der Waals surface area contributed by atoms with Crippen LogP contribution in [0, 0.1) is 0 Å². The number of carbonyl (C=O) groups excluding carboxylic acids is 1. The standard InChI is InChI=1S/C17H23N3O/c1-4-16(19(5-2)6-3)17(21)14-7-9-15(10-8-14)20-12-11-18-13-20/h7-13,16H,4-6H2,1-3H3. The van der Waals surface area contributed by atoms with Crippen molar-refractivity contribution in [1.82, 2.24) is 14.5 Å². The monoisotopic (exact) mass is 285 g/mol. The number of hydrogen-bond donors (Lipinski definition) is 0. The largest absolute Gasteiger partial charge is 0.306 e. The Kier molecular flexibility index (Phi) is 5.28. The number of nitrogens with zero attached hydrogens (tertiary/aromatic N) is 3. The van der Waals surface area contributed by atoms with Gasteiger partial charge in [0.1, 0.15) is 0 Å². The molecule has 21 heavy (non-hydrogen) atoms. The van der Waals surface area contributed by atoms with E-state index in [9.17, 15) is 4.79 Å². The molecule has 1 aromatic carbocycles. The predicted octanol–water partition coefficient (Wildman–Crippen LogP) is 3.18. The third-order valence-electron chi connectivity index (χ3n) is 3.90. The maximum absolute atomic E-state index is 12.7. The second-order valence-electron chi connectivity index (χ2n) is 5.03. The Morgan fingerprint density at radius 3 is 2.33 bits per heavy atom. The van der Waals surface area contributed by atoms with Crippen molar-refractivity contribution in [2.75, 3.05) is 13.1 Å². The molecule has 0 aliphatic carbocycles. The van der Waals surface area contributed by atoms with Crippen molar-refractivity contribution in [3.05, 3.63) is 48.5 Å². The first-order chi connectivity index (χ1) is 10.2. The number of likely N-dealkylation sites (N-methyl/N-ethyl adjacent to an activating group) is 1. The molecule has 0 saturated carbocycles. The lowest BCUT2D eigenvalue weighted by Crippen LogP contribution is -2.40. The van der Waals surface area contributed by atoms with Crippen molar-refractivity contribution in [2.45, 2.75) is 33.2 Å². The normalized spacial score (nSPS) is 12.6. The van der Waals surface area contributed by atoms with Gasteiger partial charge in [-0.25, -0.2) is 4.98 Å². The van der Waals surface area contributed by atoms with Gasteiger partial charge in [-0.1, -0.05) is 20.8 Å². The average molecular weight is 285 g/mol. The van der Waals surface area contributed by atoms with E-state index in [1.807, 2.05) is 35.0 Å². The lowest BCUT2D eigenvalue weighted by molar-refractivity contribution is 0.0826. The van der Waals surface area contributed by atoms with Gasteiger partial charge in [-0.2, -0.15) is 0 Å². The Bertz CT molecular complexity index is 556. The van der Waals surface area contributed by atoms with Gasteiger partial charge in [0.2, 0.25) is 0 Å². The van der Waals surface area contributed by atoms with Crippen LogP contribution in [0.3, 0.4) is 0 Å². The summed E-state index contributed by atoms with van der Waals surface area (Å²) in [5.74, 6) is 0.207. The molecule has 4 heteroatoms. The number of Topliss-reactive ketones (excluding diaryl/α,β-unsaturated/α-hetero) is 1. The lowest BCUT2D eigenvalue weighted by atomic mass is 10.0. The van der Waals surface area contributed by atoms with E-state index in [0.29, 0.717) is 0 Å². The lowest BCUT2D eigenvalue weighted by Gasteiger charge is -2.27. The van der Waals surface area contributed by atoms with Gasteiger partial charge in [-0.3, -0.25) is 9.69 Å². The summed E-state index contributed by atoms with van der Waals surface area (Å²) < 4.78 is 1.93. The first kappa shape index (κ1) is 15.4. The molecule has 0 spiro atoms. The van der Waals surface area contributed by atoms with Crippen molar-refractivity contribution < 1.29 is 4.79 Å². The van der Waals surface area contributed by atoms with Gasteiger partial charge in [0.25, 0.3) is 0 Å². The first-order valence-electron chi connectivity index (χ1n) is 7.57. The minimum absolute atomic E-state index is 0.0286. The summed E-state index contributed by atoms with van der Waals surface area (Å²) in [5.41, 5.74) is 1.79. The summed E-state index contributed by atoms with van der Waals surface area (Å²) in [6.45, 7) is 8.06. The molecule has 1 atom stereocenters. The fourth-order valence-corrected chi connectivity index (χ4v) is 2.68. The van der Waals surface area contributed by atoms with Crippen LogP contribution < -0.4 is 0 Å². The third kappa shape index (κ3) is 3.39. The summed E-state index contributed by atoms with van der Waals surface area (Å²) >= 11 is 0. The molecule has 0 radical (unpaired) electrons. The Labute approximate surface area is 126 Å². The topological polar surface area (TPSA) is 38.1 Å². The fraction of sp³-hybridized carbons (Fsp3) is 0.412. The highest BCUT2D eigenvalue weighted by Crippen LogP contribution is 2.15. The van der Waals surface area contributed by atoms with Crippen molar-refractivity contribution in [2.24, 2.45) is 0 Å². The Morgan fingerprint density at radius 1 is 1.19 bits per heavy atom. The van der Waals surface area contributed by atoms with Crippen LogP contribution in [-0.2, 0) is 0 Å². The smallest absolute Gasteiger partial charge is 0.179 e. The second kappa shape index (κ2) is 7.18. The Morgan fingerprint density at radius 2 is 1.86 bits per heavy atom. The predicted molar refractivity (Wildman–Crippen MR) is 84.9 cm³/mol. The van der Waals surface area contributed by atoms with E-state index >= 15 is 0 Å². The van der Waals surface area contributed by atoms with Gasteiger partial charge >= 0.3 is 0 Å². The minimum atomic E-state index is -0.0286. The van der Waals surface area contributed by atoms with Crippen LogP contribution in [0.25, 0.3) is 5.69 Å². The van der Waals surface area contributed by atoms with Crippen molar-refractivity contribution in [3.63, 3.8) is 0 Å². The Balaban J connectivity index is 2.19. The third-order valence-corrected chi connectivity index (χ3v) is 3.90. The molecule has 0 bridgehead atoms. The quantitative estimate of drug-likeness (QED) is 0.733. The number of benzene rings is 1. The van der Waals surface area contributed by atoms with E-state index in [4.69, 9.17) is 0 Å². The van der Waals surface area contributed by atoms with Gasteiger partial charge in [-0.15, -0.1) is 0 Å². The highest BCUT2D eigenvalue weighted by Gasteiger charge is 2.23. The molecule has 2 rings (SSSR count). The van der Waals surface area contributed by atoms with Gasteiger partial charge < -0.3 is 4.57 Å². The molecule has 1 aromatic heterocycles. The molecule has 0 saturated heterocycles. The maximum Gasteiger partial charge on any atom is 0.179 e. The van der Waals surface area contributed by atoms with E-state index in [0.717, 1.165) is 30.8 Å². The molecule has 0 aliphatic rings. The van der Waals surface area contributed by atoms with Crippen LogP contribution in [-0.4, -0.2) is 39.4 Å². The molecule has 0 aliphatic heterocycles. The van der Waals surface area contributed by atoms with Gasteiger partial charge in [0, 0.05) is 23.6 Å². The van der Waals surface area contributed by atoms with Gasteiger partial charge in [0.05, 0.1) is 12.4 Å². The Hall–Kier alpha value is -1.94. The SMILES string of the molecule is CCC(C(=O)c1ccc(-n2ccnc2)cc1)N(CC)CC. The molecule has 1 heterocycles. The molecular weight excluding hydrogens is 262 g/mol. The van der Waals surface area contributed by atoms with Crippen LogP contribution in [0.4, 0.5) is 0 Å². The number of imidazole rings is 1. The summed E-state index contributed by atoms with van der Waals surface area (Å²) in [7, 11) is 0. The van der Waals surface area contributed by atoms with Crippen LogP contribution in [0.1, 0.15) is 37.6 Å². The van der Waals surface area contributed by atoms with E-state index in [1.165, 1.54) is 0 Å². The summed E-state index contributed by atoms with van der Waals surface area (Å²) in [5, 5.41) is 0. The number of rotatable bonds is 7. The zero-order chi connectivity index (χ0) is 15.2. The number of carbonyl (C=O) groups is 1. The summed E-state index contributed by atoms with van der Waals surface area (Å²) in [6, 6.07) is 7.71. The molecule has 0 N–H and O–H groups in total. The number of aromatic nitrogens is 2. The van der Waals surface area contributed by atoms with Crippen LogP contribution in [0.5, 0.6) is 0 Å². The average Bonchev–Trinajstić information content (AvgIpc) is 3.06. The zero-order valence-corrected chi connectivity index (χ0v) is 13.0. The number of ketones is 1. The fourth-order valence-electron chi connectivity index (χ4n) is 2.68. The minimum Gasteiger partial charge on any atom is -0.306 e. The first-order valence-corrected chi connectivity index (χ1v) is 7.57. The van der Waals surface area contributed by atoms with Crippen molar-refractivity contribution in [3.8, 4) is 5.69 Å². The van der Waals surface area contributed by atoms with E-state index in [2.05, 4.69) is 30.7 Å². The van der Waals surface area contributed by atoms with Gasteiger partial charge in [0.15, 0.2) is 5.78 Å². The number of hydrogen-bond acceptors (Lipinski definition) is 3. The highest BCUT2D eigenvalue weighted by molar-refractivity contribution is 6.00. The summed E-state index contributed by atoms with van der Waals surface area (Å²) in [4.78, 5) is 18.9. The zero-order valence-electron chi connectivity index (χ0n) is 13.0. The molecule has 0 fully saturated rings.